The zero-order chi connectivity index (χ0) is 22.9. The van der Waals surface area contributed by atoms with Crippen molar-refractivity contribution in [2.75, 3.05) is 6.54 Å². The highest BCUT2D eigenvalue weighted by atomic mass is 35.5. The van der Waals surface area contributed by atoms with E-state index in [9.17, 15) is 18.0 Å². The van der Waals surface area contributed by atoms with Gasteiger partial charge in [-0.25, -0.2) is 8.42 Å². The third-order valence-electron chi connectivity index (χ3n) is 5.80. The number of H-pyrrole nitrogens is 1. The summed E-state index contributed by atoms with van der Waals surface area (Å²) in [5.41, 5.74) is 0.797. The fourth-order valence-corrected chi connectivity index (χ4v) is 5.99. The number of carbonyl (C=O) groups is 1. The number of pyridine rings is 1. The lowest BCUT2D eigenvalue weighted by Gasteiger charge is -2.32. The van der Waals surface area contributed by atoms with Crippen molar-refractivity contribution in [3.63, 3.8) is 0 Å². The normalized spacial score (nSPS) is 17.4. The monoisotopic (exact) mass is 473 g/mol. The summed E-state index contributed by atoms with van der Waals surface area (Å²) in [6.45, 7) is 2.55. The Hall–Kier alpha value is -2.68. The van der Waals surface area contributed by atoms with Crippen LogP contribution < -0.4 is 10.9 Å². The number of hydrogen-bond donors (Lipinski definition) is 2. The van der Waals surface area contributed by atoms with Gasteiger partial charge >= 0.3 is 0 Å². The van der Waals surface area contributed by atoms with Gasteiger partial charge in [0.1, 0.15) is 0 Å². The molecule has 4 rings (SSSR count). The maximum atomic E-state index is 13.3. The molecule has 0 unspecified atom stereocenters. The Morgan fingerprint density at radius 2 is 1.97 bits per heavy atom. The number of rotatable bonds is 5. The summed E-state index contributed by atoms with van der Waals surface area (Å²) in [6, 6.07) is 12.7. The van der Waals surface area contributed by atoms with E-state index in [1.807, 2.05) is 13.0 Å². The summed E-state index contributed by atoms with van der Waals surface area (Å²) in [5.74, 6) is -0.484. The van der Waals surface area contributed by atoms with Gasteiger partial charge in [-0.1, -0.05) is 36.2 Å². The van der Waals surface area contributed by atoms with Crippen molar-refractivity contribution in [2.45, 2.75) is 43.7 Å². The lowest BCUT2D eigenvalue weighted by atomic mass is 10.1. The Morgan fingerprint density at radius 1 is 1.19 bits per heavy atom. The Kier molecular flexibility index (Phi) is 6.37. The number of carbonyl (C=O) groups excluding carboxylic acids is 1. The number of benzene rings is 2. The van der Waals surface area contributed by atoms with Crippen LogP contribution in [-0.4, -0.2) is 36.2 Å². The Morgan fingerprint density at radius 3 is 2.72 bits per heavy atom. The molecule has 168 valence electrons. The summed E-state index contributed by atoms with van der Waals surface area (Å²) in [5, 5.41) is 3.66. The maximum Gasteiger partial charge on any atom is 0.252 e. The zero-order valence-electron chi connectivity index (χ0n) is 17.6. The minimum absolute atomic E-state index is 0.0848. The number of fused-ring (bicyclic) bond motifs is 1. The van der Waals surface area contributed by atoms with Crippen LogP contribution in [0.25, 0.3) is 10.9 Å². The molecule has 0 bridgehead atoms. The molecule has 1 aliphatic heterocycles. The van der Waals surface area contributed by atoms with Crippen molar-refractivity contribution in [3.8, 4) is 0 Å². The predicted molar refractivity (Wildman–Crippen MR) is 124 cm³/mol. The summed E-state index contributed by atoms with van der Waals surface area (Å²) >= 11 is 6.15. The van der Waals surface area contributed by atoms with Crippen molar-refractivity contribution in [1.82, 2.24) is 14.6 Å². The molecule has 2 aromatic carbocycles. The first kappa shape index (κ1) is 22.5. The molecule has 7 nitrogen and oxygen atoms in total. The average Bonchev–Trinajstić information content (AvgIpc) is 2.77. The van der Waals surface area contributed by atoms with Gasteiger partial charge in [-0.2, -0.15) is 4.31 Å². The van der Waals surface area contributed by atoms with Gasteiger partial charge < -0.3 is 10.3 Å². The minimum Gasteiger partial charge on any atom is -0.348 e. The summed E-state index contributed by atoms with van der Waals surface area (Å²) in [6.07, 6.45) is 2.64. The van der Waals surface area contributed by atoms with Gasteiger partial charge in [0.25, 0.3) is 5.91 Å². The van der Waals surface area contributed by atoms with Crippen molar-refractivity contribution in [3.05, 3.63) is 75.0 Å². The van der Waals surface area contributed by atoms with Crippen LogP contribution in [0.4, 0.5) is 0 Å². The summed E-state index contributed by atoms with van der Waals surface area (Å²) < 4.78 is 28.1. The molecule has 9 heteroatoms. The standard InChI is InChI=1S/C23H24ClN3O4S/c1-15-6-4-5-11-27(15)32(30,31)17-9-10-21-18(12-17)19(13-22(28)26-21)23(29)25-14-16-7-2-3-8-20(16)24/h2-3,7-10,12-13,15H,4-6,11,14H2,1H3,(H,25,29)(H,26,28)/t15-/m0/s1. The van der Waals surface area contributed by atoms with Crippen molar-refractivity contribution in [2.24, 2.45) is 0 Å². The van der Waals surface area contributed by atoms with Crippen molar-refractivity contribution >= 4 is 38.4 Å². The maximum absolute atomic E-state index is 13.3. The predicted octanol–water partition coefficient (Wildman–Crippen LogP) is 3.67. The number of hydrogen-bond acceptors (Lipinski definition) is 4. The number of piperidine rings is 1. The second-order valence-electron chi connectivity index (χ2n) is 7.99. The van der Waals surface area contributed by atoms with E-state index < -0.39 is 21.5 Å². The molecule has 1 amide bonds. The van der Waals surface area contributed by atoms with Crippen LogP contribution in [0.15, 0.2) is 58.2 Å². The first-order valence-corrected chi connectivity index (χ1v) is 12.3. The number of halogens is 1. The number of nitrogens with one attached hydrogen (secondary N) is 2. The Labute approximate surface area is 191 Å². The molecule has 1 aromatic heterocycles. The molecule has 0 aliphatic carbocycles. The van der Waals surface area contributed by atoms with Crippen LogP contribution in [0.5, 0.6) is 0 Å². The highest BCUT2D eigenvalue weighted by Crippen LogP contribution is 2.27. The Bertz CT molecular complexity index is 1340. The van der Waals surface area contributed by atoms with Crippen LogP contribution in [0.3, 0.4) is 0 Å². The van der Waals surface area contributed by atoms with E-state index >= 15 is 0 Å². The first-order chi connectivity index (χ1) is 15.3. The number of aromatic amines is 1. The average molecular weight is 474 g/mol. The van der Waals surface area contributed by atoms with Gasteiger partial charge in [-0.05, 0) is 49.6 Å². The largest absolute Gasteiger partial charge is 0.348 e. The van der Waals surface area contributed by atoms with Crippen LogP contribution in [-0.2, 0) is 16.6 Å². The highest BCUT2D eigenvalue weighted by molar-refractivity contribution is 7.89. The molecular formula is C23H24ClN3O4S. The van der Waals surface area contributed by atoms with Gasteiger partial charge in [-0.3, -0.25) is 9.59 Å². The second kappa shape index (κ2) is 9.05. The van der Waals surface area contributed by atoms with E-state index in [1.165, 1.54) is 28.6 Å². The third-order valence-corrected chi connectivity index (χ3v) is 8.18. The third kappa shape index (κ3) is 4.44. The fraction of sp³-hybridized carbons (Fsp3) is 0.304. The molecule has 1 fully saturated rings. The molecule has 0 spiro atoms. The van der Waals surface area contributed by atoms with Gasteiger partial charge in [0.05, 0.1) is 10.5 Å². The number of nitrogens with zero attached hydrogens (tertiary/aromatic N) is 1. The summed E-state index contributed by atoms with van der Waals surface area (Å²) in [7, 11) is -3.72. The van der Waals surface area contributed by atoms with Gasteiger partial charge in [-0.15, -0.1) is 0 Å². The van der Waals surface area contributed by atoms with Crippen molar-refractivity contribution < 1.29 is 13.2 Å². The van der Waals surface area contributed by atoms with E-state index in [-0.39, 0.29) is 23.0 Å². The van der Waals surface area contributed by atoms with Crippen LogP contribution >= 0.6 is 11.6 Å². The first-order valence-electron chi connectivity index (χ1n) is 10.5. The quantitative estimate of drug-likeness (QED) is 0.590. The van der Waals surface area contributed by atoms with E-state index in [1.54, 1.807) is 18.2 Å². The molecule has 32 heavy (non-hydrogen) atoms. The molecule has 1 atom stereocenters. The van der Waals surface area contributed by atoms with Gasteiger partial charge in [0.2, 0.25) is 15.6 Å². The molecule has 0 saturated carbocycles. The SMILES string of the molecule is C[C@H]1CCCCN1S(=O)(=O)c1ccc2[nH]c(=O)cc(C(=O)NCc3ccccc3Cl)c2c1. The molecular weight excluding hydrogens is 450 g/mol. The topological polar surface area (TPSA) is 99.3 Å². The number of aromatic nitrogens is 1. The van der Waals surface area contributed by atoms with Crippen LogP contribution in [0, 0.1) is 0 Å². The van der Waals surface area contributed by atoms with E-state index in [4.69, 9.17) is 11.6 Å². The molecule has 2 heterocycles. The van der Waals surface area contributed by atoms with Crippen LogP contribution in [0.2, 0.25) is 5.02 Å². The lowest BCUT2D eigenvalue weighted by molar-refractivity contribution is 0.0952. The minimum atomic E-state index is -3.72. The van der Waals surface area contributed by atoms with Gasteiger partial charge in [0.15, 0.2) is 0 Å². The van der Waals surface area contributed by atoms with E-state index in [0.717, 1.165) is 24.8 Å². The number of sulfonamides is 1. The second-order valence-corrected chi connectivity index (χ2v) is 10.3. The molecule has 2 N–H and O–H groups in total. The number of amides is 1. The zero-order valence-corrected chi connectivity index (χ0v) is 19.2. The van der Waals surface area contributed by atoms with E-state index in [2.05, 4.69) is 10.3 Å². The summed E-state index contributed by atoms with van der Waals surface area (Å²) in [4.78, 5) is 27.8. The molecule has 1 aliphatic rings. The Balaban J connectivity index is 1.70. The smallest absolute Gasteiger partial charge is 0.252 e. The van der Waals surface area contributed by atoms with Gasteiger partial charge in [0, 0.05) is 41.1 Å². The van der Waals surface area contributed by atoms with Crippen molar-refractivity contribution in [1.29, 1.82) is 0 Å². The lowest BCUT2D eigenvalue weighted by Crippen LogP contribution is -2.41. The fourth-order valence-electron chi connectivity index (χ4n) is 4.06. The molecule has 3 aromatic rings. The highest BCUT2D eigenvalue weighted by Gasteiger charge is 2.31. The van der Waals surface area contributed by atoms with Crippen LogP contribution in [0.1, 0.15) is 42.1 Å². The molecule has 0 radical (unpaired) electrons. The van der Waals surface area contributed by atoms with E-state index in [0.29, 0.717) is 22.5 Å². The molecule has 1 saturated heterocycles.